The van der Waals surface area contributed by atoms with Crippen molar-refractivity contribution in [2.75, 3.05) is 0 Å². The molecule has 38 heavy (non-hydrogen) atoms. The molecule has 0 amide bonds. The third kappa shape index (κ3) is 3.12. The lowest BCUT2D eigenvalue weighted by molar-refractivity contribution is 1.40. The Balaban J connectivity index is 1.51. The van der Waals surface area contributed by atoms with Gasteiger partial charge in [-0.3, -0.25) is 0 Å². The highest BCUT2D eigenvalue weighted by molar-refractivity contribution is 7.99. The number of hydrogen-bond donors (Lipinski definition) is 0. The maximum Gasteiger partial charge on any atom is 0.0207 e. The van der Waals surface area contributed by atoms with Crippen LogP contribution in [-0.2, 0) is 0 Å². The monoisotopic (exact) mass is 500 g/mol. The van der Waals surface area contributed by atoms with E-state index in [1.807, 2.05) is 11.8 Å². The highest BCUT2D eigenvalue weighted by Gasteiger charge is 2.23. The Kier molecular flexibility index (Phi) is 4.77. The number of fused-ring (bicyclic) bond motifs is 4. The fourth-order valence-electron chi connectivity index (χ4n) is 6.25. The lowest BCUT2D eigenvalue weighted by atomic mass is 9.83. The summed E-state index contributed by atoms with van der Waals surface area (Å²) in [5, 5.41) is 7.87. The molecule has 0 atom stereocenters. The van der Waals surface area contributed by atoms with Crippen molar-refractivity contribution in [3.63, 3.8) is 0 Å². The number of hydrogen-bond acceptors (Lipinski definition) is 1. The molecule has 0 saturated heterocycles. The van der Waals surface area contributed by atoms with Gasteiger partial charge < -0.3 is 0 Å². The number of rotatable bonds is 2. The van der Waals surface area contributed by atoms with Crippen LogP contribution in [0, 0.1) is 6.92 Å². The molecule has 1 aliphatic rings. The Morgan fingerprint density at radius 1 is 0.395 bits per heavy atom. The van der Waals surface area contributed by atoms with E-state index in [4.69, 9.17) is 0 Å². The zero-order valence-electron chi connectivity index (χ0n) is 21.0. The third-order valence-electron chi connectivity index (χ3n) is 7.94. The summed E-state index contributed by atoms with van der Waals surface area (Å²) in [5.41, 5.74) is 9.14. The molecule has 0 aromatic heterocycles. The molecule has 7 aromatic rings. The zero-order valence-corrected chi connectivity index (χ0v) is 21.8. The van der Waals surface area contributed by atoms with Gasteiger partial charge in [-0.25, -0.2) is 0 Å². The standard InChI is InChI=1S/C37H24S/c1-23-17-19-24(20-18-23)35-26-10-2-4-12-28(26)36(29-13-5-3-11-27(29)35)32-22-21-31-25-9-6-7-15-33(25)38-34-16-8-14-30(32)37(31)34/h2-22H,1H3. The Morgan fingerprint density at radius 2 is 0.947 bits per heavy atom. The number of aryl methyl sites for hydroxylation is 1. The summed E-state index contributed by atoms with van der Waals surface area (Å²) in [6.45, 7) is 2.15. The summed E-state index contributed by atoms with van der Waals surface area (Å²) in [5.74, 6) is 0. The van der Waals surface area contributed by atoms with Crippen molar-refractivity contribution < 1.29 is 0 Å². The molecule has 0 radical (unpaired) electrons. The molecular weight excluding hydrogens is 476 g/mol. The van der Waals surface area contributed by atoms with E-state index in [9.17, 15) is 0 Å². The molecule has 1 heteroatoms. The summed E-state index contributed by atoms with van der Waals surface area (Å²) in [7, 11) is 0. The van der Waals surface area contributed by atoms with Crippen LogP contribution in [-0.4, -0.2) is 0 Å². The van der Waals surface area contributed by atoms with Gasteiger partial charge in [-0.2, -0.15) is 0 Å². The molecule has 1 heterocycles. The molecule has 0 N–H and O–H groups in total. The van der Waals surface area contributed by atoms with E-state index in [0.29, 0.717) is 0 Å². The van der Waals surface area contributed by atoms with Crippen molar-refractivity contribution in [3.8, 4) is 33.4 Å². The molecule has 0 unspecified atom stereocenters. The normalized spacial score (nSPS) is 12.2. The van der Waals surface area contributed by atoms with Crippen molar-refractivity contribution in [1.29, 1.82) is 0 Å². The van der Waals surface area contributed by atoms with Crippen molar-refractivity contribution in [3.05, 3.63) is 133 Å². The zero-order chi connectivity index (χ0) is 25.2. The van der Waals surface area contributed by atoms with Crippen LogP contribution in [0.25, 0.3) is 65.7 Å². The Bertz CT molecular complexity index is 1990. The summed E-state index contributed by atoms with van der Waals surface area (Å²) in [6, 6.07) is 47.1. The van der Waals surface area contributed by atoms with E-state index in [2.05, 4.69) is 134 Å². The van der Waals surface area contributed by atoms with Gasteiger partial charge in [0.05, 0.1) is 0 Å². The topological polar surface area (TPSA) is 0 Å². The molecule has 0 spiro atoms. The maximum atomic E-state index is 2.36. The maximum absolute atomic E-state index is 2.36. The summed E-state index contributed by atoms with van der Waals surface area (Å²) >= 11 is 1.89. The third-order valence-corrected chi connectivity index (χ3v) is 9.08. The van der Waals surface area contributed by atoms with E-state index in [-0.39, 0.29) is 0 Å². The van der Waals surface area contributed by atoms with Gasteiger partial charge >= 0.3 is 0 Å². The minimum Gasteiger partial charge on any atom is -0.0888 e. The SMILES string of the molecule is Cc1ccc(-c2c3ccccc3c(-c3ccc4c5c(cccc35)Sc3ccccc3-4)c3ccccc23)cc1. The average molecular weight is 501 g/mol. The first-order chi connectivity index (χ1) is 18.8. The Morgan fingerprint density at radius 3 is 1.66 bits per heavy atom. The lowest BCUT2D eigenvalue weighted by Crippen LogP contribution is -1.95. The smallest absolute Gasteiger partial charge is 0.0207 e. The van der Waals surface area contributed by atoms with Crippen molar-refractivity contribution in [1.82, 2.24) is 0 Å². The van der Waals surface area contributed by atoms with Gasteiger partial charge in [0.1, 0.15) is 0 Å². The predicted octanol–water partition coefficient (Wildman–Crippen LogP) is 10.9. The van der Waals surface area contributed by atoms with Crippen LogP contribution < -0.4 is 0 Å². The predicted molar refractivity (Wildman–Crippen MR) is 164 cm³/mol. The van der Waals surface area contributed by atoms with Crippen LogP contribution >= 0.6 is 11.8 Å². The molecule has 8 rings (SSSR count). The van der Waals surface area contributed by atoms with Gasteiger partial charge in [0.2, 0.25) is 0 Å². The highest BCUT2D eigenvalue weighted by Crippen LogP contribution is 2.51. The minimum atomic E-state index is 1.26. The molecule has 1 aliphatic heterocycles. The van der Waals surface area contributed by atoms with Crippen molar-refractivity contribution in [2.24, 2.45) is 0 Å². The molecule has 0 aliphatic carbocycles. The average Bonchev–Trinajstić information content (AvgIpc) is 2.97. The minimum absolute atomic E-state index is 1.26. The summed E-state index contributed by atoms with van der Waals surface area (Å²) < 4.78 is 0. The molecular formula is C37H24S. The summed E-state index contributed by atoms with van der Waals surface area (Å²) in [4.78, 5) is 2.67. The van der Waals surface area contributed by atoms with Crippen LogP contribution in [0.3, 0.4) is 0 Å². The van der Waals surface area contributed by atoms with E-state index in [0.717, 1.165) is 0 Å². The first kappa shape index (κ1) is 21.7. The second kappa shape index (κ2) is 8.34. The van der Waals surface area contributed by atoms with Crippen LogP contribution in [0.5, 0.6) is 0 Å². The second-order valence-electron chi connectivity index (χ2n) is 10.1. The molecule has 0 saturated carbocycles. The highest BCUT2D eigenvalue weighted by atomic mass is 32.2. The van der Waals surface area contributed by atoms with Crippen molar-refractivity contribution in [2.45, 2.75) is 16.7 Å². The van der Waals surface area contributed by atoms with E-state index in [1.165, 1.54) is 81.1 Å². The Hall–Kier alpha value is -4.33. The quantitative estimate of drug-likeness (QED) is 0.213. The van der Waals surface area contributed by atoms with Gasteiger partial charge in [-0.15, -0.1) is 0 Å². The van der Waals surface area contributed by atoms with Crippen LogP contribution in [0.15, 0.2) is 137 Å². The summed E-state index contributed by atoms with van der Waals surface area (Å²) in [6.07, 6.45) is 0. The second-order valence-corrected chi connectivity index (χ2v) is 11.2. The first-order valence-electron chi connectivity index (χ1n) is 13.1. The van der Waals surface area contributed by atoms with Gasteiger partial charge in [-0.1, -0.05) is 133 Å². The number of benzene rings is 7. The van der Waals surface area contributed by atoms with Gasteiger partial charge in [-0.05, 0) is 79.4 Å². The van der Waals surface area contributed by atoms with Gasteiger partial charge in [0.15, 0.2) is 0 Å². The first-order valence-corrected chi connectivity index (χ1v) is 13.9. The molecule has 0 bridgehead atoms. The fraction of sp³-hybridized carbons (Fsp3) is 0.0270. The lowest BCUT2D eigenvalue weighted by Gasteiger charge is -2.23. The molecule has 178 valence electrons. The van der Waals surface area contributed by atoms with E-state index in [1.54, 1.807) is 0 Å². The van der Waals surface area contributed by atoms with Gasteiger partial charge in [0, 0.05) is 15.2 Å². The van der Waals surface area contributed by atoms with Crippen LogP contribution in [0.2, 0.25) is 0 Å². The fourth-order valence-corrected chi connectivity index (χ4v) is 7.39. The Labute approximate surface area is 226 Å². The molecule has 0 nitrogen and oxygen atoms in total. The van der Waals surface area contributed by atoms with Crippen LogP contribution in [0.1, 0.15) is 5.56 Å². The molecule has 7 aromatic carbocycles. The van der Waals surface area contributed by atoms with E-state index < -0.39 is 0 Å². The van der Waals surface area contributed by atoms with E-state index >= 15 is 0 Å². The van der Waals surface area contributed by atoms with Gasteiger partial charge in [0.25, 0.3) is 0 Å². The van der Waals surface area contributed by atoms with Crippen molar-refractivity contribution >= 4 is 44.1 Å². The van der Waals surface area contributed by atoms with Crippen LogP contribution in [0.4, 0.5) is 0 Å². The largest absolute Gasteiger partial charge is 0.0888 e. The molecule has 0 fully saturated rings.